The van der Waals surface area contributed by atoms with Gasteiger partial charge in [0.2, 0.25) is 0 Å². The lowest BCUT2D eigenvalue weighted by molar-refractivity contribution is -0.145. The molecule has 0 radical (unpaired) electrons. The molecule has 0 aliphatic carbocycles. The summed E-state index contributed by atoms with van der Waals surface area (Å²) in [6.45, 7) is 5.80. The highest BCUT2D eigenvalue weighted by Gasteiger charge is 2.15. The van der Waals surface area contributed by atoms with Gasteiger partial charge in [0.05, 0.1) is 13.0 Å². The summed E-state index contributed by atoms with van der Waals surface area (Å²) in [5, 5.41) is 3.20. The van der Waals surface area contributed by atoms with E-state index in [4.69, 9.17) is 0 Å². The van der Waals surface area contributed by atoms with E-state index in [-0.39, 0.29) is 11.9 Å². The lowest BCUT2D eigenvalue weighted by Gasteiger charge is -2.12. The van der Waals surface area contributed by atoms with Crippen molar-refractivity contribution in [3.8, 4) is 0 Å². The molecule has 0 aliphatic rings. The number of hydrogen-bond acceptors (Lipinski definition) is 3. The summed E-state index contributed by atoms with van der Waals surface area (Å²) in [6, 6.07) is 0. The molecule has 12 heavy (non-hydrogen) atoms. The summed E-state index contributed by atoms with van der Waals surface area (Å²) in [5.41, 5.74) is 0. The van der Waals surface area contributed by atoms with E-state index >= 15 is 0 Å². The minimum atomic E-state index is -0.110. The smallest absolute Gasteiger partial charge is 0.309 e. The fraction of sp³-hybridized carbons (Fsp3) is 0.889. The Morgan fingerprint density at radius 2 is 2.17 bits per heavy atom. The van der Waals surface area contributed by atoms with Crippen LogP contribution in [0.4, 0.5) is 0 Å². The zero-order valence-electron chi connectivity index (χ0n) is 8.22. The first kappa shape index (κ1) is 11.4. The van der Waals surface area contributed by atoms with E-state index in [9.17, 15) is 4.79 Å². The van der Waals surface area contributed by atoms with Gasteiger partial charge in [0, 0.05) is 6.54 Å². The summed E-state index contributed by atoms with van der Waals surface area (Å²) in [7, 11) is 1.44. The highest BCUT2D eigenvalue weighted by atomic mass is 16.5. The Hall–Kier alpha value is -0.570. The molecule has 0 saturated heterocycles. The van der Waals surface area contributed by atoms with Gasteiger partial charge in [-0.25, -0.2) is 0 Å². The van der Waals surface area contributed by atoms with Crippen molar-refractivity contribution < 1.29 is 9.53 Å². The highest BCUT2D eigenvalue weighted by Crippen LogP contribution is 2.02. The molecule has 0 fully saturated rings. The largest absolute Gasteiger partial charge is 0.469 e. The molecule has 0 aliphatic heterocycles. The van der Waals surface area contributed by atoms with Crippen LogP contribution in [-0.2, 0) is 9.53 Å². The third-order valence-electron chi connectivity index (χ3n) is 1.84. The fourth-order valence-electron chi connectivity index (χ4n) is 1.01. The van der Waals surface area contributed by atoms with Crippen LogP contribution in [0.25, 0.3) is 0 Å². The second-order valence-corrected chi connectivity index (χ2v) is 2.83. The van der Waals surface area contributed by atoms with Gasteiger partial charge in [0.25, 0.3) is 0 Å². The van der Waals surface area contributed by atoms with Crippen LogP contribution in [0.3, 0.4) is 0 Å². The topological polar surface area (TPSA) is 38.3 Å². The maximum atomic E-state index is 11.1. The van der Waals surface area contributed by atoms with E-state index < -0.39 is 0 Å². The van der Waals surface area contributed by atoms with Gasteiger partial charge in [0.15, 0.2) is 0 Å². The Morgan fingerprint density at radius 1 is 1.50 bits per heavy atom. The molecule has 0 aromatic rings. The van der Waals surface area contributed by atoms with Crippen LogP contribution >= 0.6 is 0 Å². The quantitative estimate of drug-likeness (QED) is 0.484. The Balaban J connectivity index is 3.60. The van der Waals surface area contributed by atoms with Gasteiger partial charge in [-0.15, -0.1) is 0 Å². The molecule has 1 atom stereocenters. The molecule has 0 aromatic heterocycles. The van der Waals surface area contributed by atoms with E-state index in [1.807, 2.05) is 6.92 Å². The van der Waals surface area contributed by atoms with Crippen molar-refractivity contribution in [3.05, 3.63) is 0 Å². The molecule has 0 amide bonds. The zero-order valence-corrected chi connectivity index (χ0v) is 8.22. The normalized spacial score (nSPS) is 12.6. The maximum absolute atomic E-state index is 11.1. The Kier molecular flexibility index (Phi) is 6.76. The van der Waals surface area contributed by atoms with Crippen LogP contribution in [0.5, 0.6) is 0 Å². The van der Waals surface area contributed by atoms with Crippen LogP contribution < -0.4 is 5.32 Å². The standard InChI is InChI=1S/C9H19NO2/c1-4-6-10-7-8(5-2)9(11)12-3/h8,10H,4-7H2,1-3H3. The van der Waals surface area contributed by atoms with Gasteiger partial charge in [-0.3, -0.25) is 4.79 Å². The number of hydrogen-bond donors (Lipinski definition) is 1. The molecular weight excluding hydrogens is 154 g/mol. The molecular formula is C9H19NO2. The zero-order chi connectivity index (χ0) is 9.40. The van der Waals surface area contributed by atoms with E-state index in [2.05, 4.69) is 17.0 Å². The van der Waals surface area contributed by atoms with Crippen molar-refractivity contribution in [2.75, 3.05) is 20.2 Å². The molecule has 72 valence electrons. The van der Waals surface area contributed by atoms with Crippen molar-refractivity contribution >= 4 is 5.97 Å². The van der Waals surface area contributed by atoms with E-state index in [0.717, 1.165) is 25.9 Å². The van der Waals surface area contributed by atoms with Gasteiger partial charge < -0.3 is 10.1 Å². The van der Waals surface area contributed by atoms with E-state index in [1.54, 1.807) is 0 Å². The number of methoxy groups -OCH3 is 1. The van der Waals surface area contributed by atoms with Crippen LogP contribution in [0.2, 0.25) is 0 Å². The van der Waals surface area contributed by atoms with Crippen molar-refractivity contribution in [1.82, 2.24) is 5.32 Å². The number of carbonyl (C=O) groups is 1. The average Bonchev–Trinajstić information content (AvgIpc) is 2.11. The monoisotopic (exact) mass is 173 g/mol. The van der Waals surface area contributed by atoms with Crippen molar-refractivity contribution in [2.24, 2.45) is 5.92 Å². The number of ether oxygens (including phenoxy) is 1. The first-order valence-electron chi connectivity index (χ1n) is 4.54. The minimum absolute atomic E-state index is 0.0153. The van der Waals surface area contributed by atoms with Crippen molar-refractivity contribution in [2.45, 2.75) is 26.7 Å². The van der Waals surface area contributed by atoms with Gasteiger partial charge in [-0.1, -0.05) is 13.8 Å². The molecule has 0 aromatic carbocycles. The van der Waals surface area contributed by atoms with Crippen LogP contribution in [0.15, 0.2) is 0 Å². The fourth-order valence-corrected chi connectivity index (χ4v) is 1.01. The second kappa shape index (κ2) is 7.10. The highest BCUT2D eigenvalue weighted by molar-refractivity contribution is 5.72. The predicted molar refractivity (Wildman–Crippen MR) is 49.0 cm³/mol. The average molecular weight is 173 g/mol. The summed E-state index contributed by atoms with van der Waals surface area (Å²) in [4.78, 5) is 11.1. The maximum Gasteiger partial charge on any atom is 0.309 e. The van der Waals surface area contributed by atoms with Crippen LogP contribution in [0.1, 0.15) is 26.7 Å². The summed E-state index contributed by atoms with van der Waals surface area (Å²) < 4.78 is 4.65. The van der Waals surface area contributed by atoms with Crippen LogP contribution in [0, 0.1) is 5.92 Å². The third kappa shape index (κ3) is 4.34. The molecule has 1 N–H and O–H groups in total. The number of nitrogens with one attached hydrogen (secondary N) is 1. The molecule has 0 bridgehead atoms. The third-order valence-corrected chi connectivity index (χ3v) is 1.84. The molecule has 0 heterocycles. The van der Waals surface area contributed by atoms with Crippen molar-refractivity contribution in [3.63, 3.8) is 0 Å². The van der Waals surface area contributed by atoms with E-state index in [1.165, 1.54) is 7.11 Å². The number of esters is 1. The summed E-state index contributed by atoms with van der Waals surface area (Å²) in [6.07, 6.45) is 1.93. The summed E-state index contributed by atoms with van der Waals surface area (Å²) >= 11 is 0. The Bertz CT molecular complexity index is 126. The Labute approximate surface area is 74.5 Å². The molecule has 1 unspecified atom stereocenters. The second-order valence-electron chi connectivity index (χ2n) is 2.83. The number of carbonyl (C=O) groups excluding carboxylic acids is 1. The van der Waals surface area contributed by atoms with Crippen molar-refractivity contribution in [1.29, 1.82) is 0 Å². The minimum Gasteiger partial charge on any atom is -0.469 e. The molecule has 0 spiro atoms. The van der Waals surface area contributed by atoms with E-state index in [0.29, 0.717) is 0 Å². The SMILES string of the molecule is CCCNCC(CC)C(=O)OC. The predicted octanol–water partition coefficient (Wildman–Crippen LogP) is 1.19. The Morgan fingerprint density at radius 3 is 2.58 bits per heavy atom. The lowest BCUT2D eigenvalue weighted by Crippen LogP contribution is -2.29. The molecule has 3 heteroatoms. The van der Waals surface area contributed by atoms with Crippen LogP contribution in [-0.4, -0.2) is 26.2 Å². The van der Waals surface area contributed by atoms with Gasteiger partial charge in [-0.05, 0) is 19.4 Å². The molecule has 0 saturated carbocycles. The van der Waals surface area contributed by atoms with Gasteiger partial charge in [0.1, 0.15) is 0 Å². The lowest BCUT2D eigenvalue weighted by atomic mass is 10.1. The van der Waals surface area contributed by atoms with Gasteiger partial charge >= 0.3 is 5.97 Å². The molecule has 0 rings (SSSR count). The first-order chi connectivity index (χ1) is 5.76. The van der Waals surface area contributed by atoms with Gasteiger partial charge in [-0.2, -0.15) is 0 Å². The molecule has 3 nitrogen and oxygen atoms in total. The number of rotatable bonds is 6. The summed E-state index contributed by atoms with van der Waals surface area (Å²) in [5.74, 6) is -0.0948. The first-order valence-corrected chi connectivity index (χ1v) is 4.54.